The zero-order valence-electron chi connectivity index (χ0n) is 11.7. The first kappa shape index (κ1) is 15.2. The van der Waals surface area contributed by atoms with Gasteiger partial charge in [-0.15, -0.1) is 0 Å². The van der Waals surface area contributed by atoms with Gasteiger partial charge in [-0.25, -0.2) is 4.39 Å². The molecule has 2 amide bonds. The van der Waals surface area contributed by atoms with Crippen LogP contribution in [0.5, 0.6) is 0 Å². The number of ether oxygens (including phenoxy) is 1. The molecule has 0 bridgehead atoms. The summed E-state index contributed by atoms with van der Waals surface area (Å²) in [5.74, 6) is -2.20. The molecule has 5 nitrogen and oxygen atoms in total. The van der Waals surface area contributed by atoms with Gasteiger partial charge in [-0.05, 0) is 31.0 Å². The molecule has 0 N–H and O–H groups in total. The van der Waals surface area contributed by atoms with Crippen molar-refractivity contribution in [2.75, 3.05) is 13.2 Å². The summed E-state index contributed by atoms with van der Waals surface area (Å²) in [4.78, 5) is 36.3. The maximum absolute atomic E-state index is 12.8. The van der Waals surface area contributed by atoms with Gasteiger partial charge >= 0.3 is 5.97 Å². The highest BCUT2D eigenvalue weighted by Gasteiger charge is 2.39. The molecule has 1 unspecified atom stereocenters. The van der Waals surface area contributed by atoms with Crippen LogP contribution >= 0.6 is 0 Å². The van der Waals surface area contributed by atoms with Gasteiger partial charge in [-0.1, -0.05) is 12.1 Å². The minimum absolute atomic E-state index is 0.0651. The van der Waals surface area contributed by atoms with Crippen LogP contribution in [0.15, 0.2) is 24.3 Å². The van der Waals surface area contributed by atoms with Gasteiger partial charge in [0.1, 0.15) is 12.4 Å². The Morgan fingerprint density at radius 3 is 2.62 bits per heavy atom. The third-order valence-corrected chi connectivity index (χ3v) is 3.33. The molecular formula is C15H16FNO4. The second-order valence-electron chi connectivity index (χ2n) is 4.85. The molecule has 1 saturated heterocycles. The molecule has 1 aliphatic heterocycles. The summed E-state index contributed by atoms with van der Waals surface area (Å²) in [5, 5.41) is 0. The number of esters is 1. The Bertz CT molecular complexity index is 555. The summed E-state index contributed by atoms with van der Waals surface area (Å²) < 4.78 is 17.6. The highest BCUT2D eigenvalue weighted by molar-refractivity contribution is 6.05. The Morgan fingerprint density at radius 1 is 1.33 bits per heavy atom. The van der Waals surface area contributed by atoms with E-state index in [1.165, 1.54) is 12.1 Å². The summed E-state index contributed by atoms with van der Waals surface area (Å²) in [6.45, 7) is 1.52. The number of halogens is 1. The fraction of sp³-hybridized carbons (Fsp3) is 0.400. The second kappa shape index (κ2) is 6.47. The van der Waals surface area contributed by atoms with E-state index in [4.69, 9.17) is 4.74 Å². The molecule has 0 aliphatic carbocycles. The van der Waals surface area contributed by atoms with Crippen molar-refractivity contribution < 1.29 is 23.5 Å². The first-order chi connectivity index (χ1) is 10.0. The molecule has 0 radical (unpaired) electrons. The number of likely N-dealkylation sites (tertiary alicyclic amines) is 1. The Hall–Kier alpha value is -2.24. The highest BCUT2D eigenvalue weighted by Crippen LogP contribution is 2.23. The Morgan fingerprint density at radius 2 is 2.00 bits per heavy atom. The molecular weight excluding hydrogens is 277 g/mol. The number of hydrogen-bond donors (Lipinski definition) is 0. The number of nitrogens with zero attached hydrogens (tertiary/aromatic N) is 1. The number of hydrogen-bond acceptors (Lipinski definition) is 4. The predicted octanol–water partition coefficient (Wildman–Crippen LogP) is 1.31. The molecule has 1 aromatic carbocycles. The summed E-state index contributed by atoms with van der Waals surface area (Å²) in [6, 6.07) is 5.79. The monoisotopic (exact) mass is 293 g/mol. The minimum Gasteiger partial charge on any atom is -0.465 e. The highest BCUT2D eigenvalue weighted by atomic mass is 19.1. The zero-order chi connectivity index (χ0) is 15.4. The predicted molar refractivity (Wildman–Crippen MR) is 71.6 cm³/mol. The van der Waals surface area contributed by atoms with E-state index in [1.54, 1.807) is 19.1 Å². The fourth-order valence-electron chi connectivity index (χ4n) is 2.32. The van der Waals surface area contributed by atoms with Crippen molar-refractivity contribution in [1.82, 2.24) is 4.90 Å². The molecule has 1 fully saturated rings. The van der Waals surface area contributed by atoms with Crippen molar-refractivity contribution in [1.29, 1.82) is 0 Å². The van der Waals surface area contributed by atoms with Crippen LogP contribution in [0.4, 0.5) is 4.39 Å². The van der Waals surface area contributed by atoms with Gasteiger partial charge in [0, 0.05) is 6.42 Å². The Kier molecular flexibility index (Phi) is 4.67. The molecule has 6 heteroatoms. The fourth-order valence-corrected chi connectivity index (χ4v) is 2.32. The van der Waals surface area contributed by atoms with E-state index in [1.807, 2.05) is 0 Å². The normalized spacial score (nSPS) is 18.2. The Labute approximate surface area is 121 Å². The van der Waals surface area contributed by atoms with Crippen LogP contribution in [0.1, 0.15) is 18.9 Å². The molecule has 1 aliphatic rings. The van der Waals surface area contributed by atoms with E-state index in [-0.39, 0.29) is 37.2 Å². The molecule has 1 heterocycles. The van der Waals surface area contributed by atoms with E-state index in [0.29, 0.717) is 6.42 Å². The first-order valence-corrected chi connectivity index (χ1v) is 6.75. The van der Waals surface area contributed by atoms with Gasteiger partial charge in [-0.2, -0.15) is 0 Å². The number of carbonyl (C=O) groups excluding carboxylic acids is 3. The van der Waals surface area contributed by atoms with Crippen LogP contribution in [0.25, 0.3) is 0 Å². The topological polar surface area (TPSA) is 63.7 Å². The quantitative estimate of drug-likeness (QED) is 0.606. The van der Waals surface area contributed by atoms with Crippen LogP contribution in [0, 0.1) is 11.7 Å². The van der Waals surface area contributed by atoms with Crippen LogP contribution in [0.3, 0.4) is 0 Å². The largest absolute Gasteiger partial charge is 0.465 e. The molecule has 21 heavy (non-hydrogen) atoms. The molecule has 112 valence electrons. The number of rotatable bonds is 5. The zero-order valence-corrected chi connectivity index (χ0v) is 11.7. The van der Waals surface area contributed by atoms with E-state index < -0.39 is 11.9 Å². The van der Waals surface area contributed by atoms with E-state index in [2.05, 4.69) is 0 Å². The van der Waals surface area contributed by atoms with Gasteiger partial charge in [0.25, 0.3) is 0 Å². The standard InChI is InChI=1S/C15H16FNO4/c1-2-21-14(19)9-17-13(18)8-11(15(17)20)7-10-3-5-12(16)6-4-10/h3-6,11H,2,7-9H2,1H3. The lowest BCUT2D eigenvalue weighted by Crippen LogP contribution is -2.36. The van der Waals surface area contributed by atoms with E-state index in [9.17, 15) is 18.8 Å². The molecule has 0 saturated carbocycles. The number of imide groups is 1. The minimum atomic E-state index is -0.596. The number of amides is 2. The van der Waals surface area contributed by atoms with Crippen molar-refractivity contribution in [2.24, 2.45) is 5.92 Å². The van der Waals surface area contributed by atoms with Crippen molar-refractivity contribution in [3.63, 3.8) is 0 Å². The van der Waals surface area contributed by atoms with E-state index in [0.717, 1.165) is 10.5 Å². The van der Waals surface area contributed by atoms with Crippen molar-refractivity contribution in [3.05, 3.63) is 35.6 Å². The van der Waals surface area contributed by atoms with Gasteiger partial charge in [-0.3, -0.25) is 19.3 Å². The smallest absolute Gasteiger partial charge is 0.326 e. The molecule has 0 aromatic heterocycles. The lowest BCUT2D eigenvalue weighted by atomic mass is 9.98. The SMILES string of the molecule is CCOC(=O)CN1C(=O)CC(Cc2ccc(F)cc2)C1=O. The van der Waals surface area contributed by atoms with Crippen LogP contribution in [-0.2, 0) is 25.5 Å². The van der Waals surface area contributed by atoms with Crippen molar-refractivity contribution in [3.8, 4) is 0 Å². The Balaban J connectivity index is 2.00. The second-order valence-corrected chi connectivity index (χ2v) is 4.85. The van der Waals surface area contributed by atoms with Crippen molar-refractivity contribution in [2.45, 2.75) is 19.8 Å². The average molecular weight is 293 g/mol. The van der Waals surface area contributed by atoms with Gasteiger partial charge < -0.3 is 4.74 Å². The summed E-state index contributed by atoms with van der Waals surface area (Å²) in [5.41, 5.74) is 0.778. The third kappa shape index (κ3) is 3.65. The van der Waals surface area contributed by atoms with Gasteiger partial charge in [0.2, 0.25) is 11.8 Å². The maximum atomic E-state index is 12.8. The summed E-state index contributed by atoms with van der Waals surface area (Å²) in [6.07, 6.45) is 0.416. The number of benzene rings is 1. The molecule has 1 aromatic rings. The van der Waals surface area contributed by atoms with Crippen LogP contribution in [0.2, 0.25) is 0 Å². The van der Waals surface area contributed by atoms with Crippen molar-refractivity contribution >= 4 is 17.8 Å². The van der Waals surface area contributed by atoms with Crippen LogP contribution in [-0.4, -0.2) is 35.8 Å². The lowest BCUT2D eigenvalue weighted by Gasteiger charge is -2.13. The maximum Gasteiger partial charge on any atom is 0.326 e. The van der Waals surface area contributed by atoms with E-state index >= 15 is 0 Å². The van der Waals surface area contributed by atoms with Crippen LogP contribution < -0.4 is 0 Å². The number of carbonyl (C=O) groups is 3. The first-order valence-electron chi connectivity index (χ1n) is 6.75. The summed E-state index contributed by atoms with van der Waals surface area (Å²) in [7, 11) is 0. The lowest BCUT2D eigenvalue weighted by molar-refractivity contribution is -0.152. The molecule has 0 spiro atoms. The molecule has 2 rings (SSSR count). The van der Waals surface area contributed by atoms with Gasteiger partial charge in [0.05, 0.1) is 12.5 Å². The third-order valence-electron chi connectivity index (χ3n) is 3.33. The van der Waals surface area contributed by atoms with Gasteiger partial charge in [0.15, 0.2) is 0 Å². The molecule has 1 atom stereocenters. The summed E-state index contributed by atoms with van der Waals surface area (Å²) >= 11 is 0. The average Bonchev–Trinajstić information content (AvgIpc) is 2.69.